The SMILES string of the molecule is Brc1ccc2nc(-c3cccc(OCc4ccccc4)c3)oc2c1. The zero-order valence-electron chi connectivity index (χ0n) is 12.8. The van der Waals surface area contributed by atoms with Crippen LogP contribution < -0.4 is 4.74 Å². The Balaban J connectivity index is 1.59. The van der Waals surface area contributed by atoms with E-state index >= 15 is 0 Å². The highest BCUT2D eigenvalue weighted by Gasteiger charge is 2.09. The maximum atomic E-state index is 5.87. The molecule has 118 valence electrons. The van der Waals surface area contributed by atoms with Crippen LogP contribution in [-0.2, 0) is 6.61 Å². The second-order valence-electron chi connectivity index (χ2n) is 5.43. The van der Waals surface area contributed by atoms with Crippen LogP contribution in [0.25, 0.3) is 22.6 Å². The number of hydrogen-bond donors (Lipinski definition) is 0. The summed E-state index contributed by atoms with van der Waals surface area (Å²) in [6.07, 6.45) is 0. The molecule has 0 unspecified atom stereocenters. The maximum Gasteiger partial charge on any atom is 0.227 e. The first-order valence-electron chi connectivity index (χ1n) is 7.61. The average molecular weight is 380 g/mol. The summed E-state index contributed by atoms with van der Waals surface area (Å²) in [5, 5.41) is 0. The number of ether oxygens (including phenoxy) is 1. The summed E-state index contributed by atoms with van der Waals surface area (Å²) in [6.45, 7) is 0.533. The van der Waals surface area contributed by atoms with Crippen molar-refractivity contribution in [3.05, 3.63) is 82.8 Å². The van der Waals surface area contributed by atoms with Crippen molar-refractivity contribution < 1.29 is 9.15 Å². The van der Waals surface area contributed by atoms with Gasteiger partial charge in [-0.3, -0.25) is 0 Å². The van der Waals surface area contributed by atoms with Crippen molar-refractivity contribution in [2.24, 2.45) is 0 Å². The van der Waals surface area contributed by atoms with Crippen molar-refractivity contribution in [1.29, 1.82) is 0 Å². The van der Waals surface area contributed by atoms with Gasteiger partial charge in [-0.2, -0.15) is 0 Å². The zero-order valence-corrected chi connectivity index (χ0v) is 14.4. The minimum atomic E-state index is 0.533. The molecule has 4 aromatic rings. The molecule has 4 rings (SSSR count). The summed E-state index contributed by atoms with van der Waals surface area (Å²) in [5.74, 6) is 1.38. The monoisotopic (exact) mass is 379 g/mol. The molecule has 1 heterocycles. The quantitative estimate of drug-likeness (QED) is 0.446. The summed E-state index contributed by atoms with van der Waals surface area (Å²) in [7, 11) is 0. The van der Waals surface area contributed by atoms with Crippen molar-refractivity contribution in [3.8, 4) is 17.2 Å². The number of benzene rings is 3. The first-order chi connectivity index (χ1) is 11.8. The Kier molecular flexibility index (Phi) is 4.05. The smallest absolute Gasteiger partial charge is 0.227 e. The summed E-state index contributed by atoms with van der Waals surface area (Å²) in [5.41, 5.74) is 3.63. The number of rotatable bonds is 4. The van der Waals surface area contributed by atoms with E-state index in [1.165, 1.54) is 0 Å². The molecule has 0 aliphatic carbocycles. The molecule has 0 saturated heterocycles. The van der Waals surface area contributed by atoms with Crippen LogP contribution in [0.1, 0.15) is 5.56 Å². The molecule has 0 fully saturated rings. The number of hydrogen-bond acceptors (Lipinski definition) is 3. The van der Waals surface area contributed by atoms with Gasteiger partial charge in [0.15, 0.2) is 5.58 Å². The Bertz CT molecular complexity index is 979. The Labute approximate surface area is 148 Å². The maximum absolute atomic E-state index is 5.87. The number of halogens is 1. The molecule has 0 aliphatic rings. The predicted molar refractivity (Wildman–Crippen MR) is 97.9 cm³/mol. The molecule has 24 heavy (non-hydrogen) atoms. The molecular weight excluding hydrogens is 366 g/mol. The molecule has 0 bridgehead atoms. The third-order valence-corrected chi connectivity index (χ3v) is 4.17. The van der Waals surface area contributed by atoms with Gasteiger partial charge in [0.1, 0.15) is 17.9 Å². The largest absolute Gasteiger partial charge is 0.489 e. The molecular formula is C20H14BrNO2. The first kappa shape index (κ1) is 15.0. The van der Waals surface area contributed by atoms with Gasteiger partial charge in [-0.1, -0.05) is 52.3 Å². The highest BCUT2D eigenvalue weighted by atomic mass is 79.9. The summed E-state index contributed by atoms with van der Waals surface area (Å²) >= 11 is 3.44. The number of fused-ring (bicyclic) bond motifs is 1. The second kappa shape index (κ2) is 6.49. The van der Waals surface area contributed by atoms with Gasteiger partial charge >= 0.3 is 0 Å². The molecule has 1 aromatic heterocycles. The topological polar surface area (TPSA) is 35.3 Å². The van der Waals surface area contributed by atoms with Gasteiger partial charge in [-0.05, 0) is 42.0 Å². The van der Waals surface area contributed by atoms with Gasteiger partial charge in [-0.25, -0.2) is 4.98 Å². The third kappa shape index (κ3) is 3.19. The molecule has 3 nitrogen and oxygen atoms in total. The van der Waals surface area contributed by atoms with Crippen molar-refractivity contribution in [1.82, 2.24) is 4.98 Å². The van der Waals surface area contributed by atoms with E-state index < -0.39 is 0 Å². The molecule has 0 spiro atoms. The van der Waals surface area contributed by atoms with Gasteiger partial charge in [0.05, 0.1) is 0 Å². The fraction of sp³-hybridized carbons (Fsp3) is 0.0500. The third-order valence-electron chi connectivity index (χ3n) is 3.68. The molecule has 0 aliphatic heterocycles. The molecule has 0 saturated carbocycles. The Morgan fingerprint density at radius 1 is 0.917 bits per heavy atom. The van der Waals surface area contributed by atoms with E-state index in [0.29, 0.717) is 12.5 Å². The average Bonchev–Trinajstić information content (AvgIpc) is 3.04. The summed E-state index contributed by atoms with van der Waals surface area (Å²) in [6, 6.07) is 23.7. The molecule has 0 amide bonds. The second-order valence-corrected chi connectivity index (χ2v) is 6.35. The zero-order chi connectivity index (χ0) is 16.4. The van der Waals surface area contributed by atoms with E-state index in [-0.39, 0.29) is 0 Å². The van der Waals surface area contributed by atoms with Crippen molar-refractivity contribution >= 4 is 27.0 Å². The van der Waals surface area contributed by atoms with Crippen LogP contribution in [0.2, 0.25) is 0 Å². The highest BCUT2D eigenvalue weighted by Crippen LogP contribution is 2.28. The normalized spacial score (nSPS) is 10.9. The molecule has 0 atom stereocenters. The van der Waals surface area contributed by atoms with E-state index in [1.807, 2.05) is 72.8 Å². The lowest BCUT2D eigenvalue weighted by Crippen LogP contribution is -1.94. The van der Waals surface area contributed by atoms with Crippen molar-refractivity contribution in [3.63, 3.8) is 0 Å². The fourth-order valence-corrected chi connectivity index (χ4v) is 2.82. The van der Waals surface area contributed by atoms with Crippen LogP contribution in [0.15, 0.2) is 81.7 Å². The molecule has 3 aromatic carbocycles. The van der Waals surface area contributed by atoms with Crippen LogP contribution in [0.5, 0.6) is 5.75 Å². The first-order valence-corrected chi connectivity index (χ1v) is 8.40. The Morgan fingerprint density at radius 3 is 2.67 bits per heavy atom. The lowest BCUT2D eigenvalue weighted by Gasteiger charge is -2.07. The molecule has 0 radical (unpaired) electrons. The standard InChI is InChI=1S/C20H14BrNO2/c21-16-9-10-18-19(12-16)24-20(22-18)15-7-4-8-17(11-15)23-13-14-5-2-1-3-6-14/h1-12H,13H2. The highest BCUT2D eigenvalue weighted by molar-refractivity contribution is 9.10. The van der Waals surface area contributed by atoms with E-state index in [9.17, 15) is 0 Å². The van der Waals surface area contributed by atoms with Crippen LogP contribution >= 0.6 is 15.9 Å². The fourth-order valence-electron chi connectivity index (χ4n) is 2.48. The van der Waals surface area contributed by atoms with E-state index in [0.717, 1.165) is 32.4 Å². The minimum absolute atomic E-state index is 0.533. The molecule has 4 heteroatoms. The predicted octanol–water partition coefficient (Wildman–Crippen LogP) is 5.84. The summed E-state index contributed by atoms with van der Waals surface area (Å²) in [4.78, 5) is 4.54. The van der Waals surface area contributed by atoms with E-state index in [2.05, 4.69) is 20.9 Å². The van der Waals surface area contributed by atoms with Gasteiger partial charge in [-0.15, -0.1) is 0 Å². The lowest BCUT2D eigenvalue weighted by atomic mass is 10.2. The van der Waals surface area contributed by atoms with Crippen molar-refractivity contribution in [2.45, 2.75) is 6.61 Å². The lowest BCUT2D eigenvalue weighted by molar-refractivity contribution is 0.306. The number of oxazole rings is 1. The van der Waals surface area contributed by atoms with E-state index in [1.54, 1.807) is 0 Å². The molecule has 0 N–H and O–H groups in total. The van der Waals surface area contributed by atoms with Gasteiger partial charge in [0, 0.05) is 10.0 Å². The van der Waals surface area contributed by atoms with Crippen LogP contribution in [0, 0.1) is 0 Å². The summed E-state index contributed by atoms with van der Waals surface area (Å²) < 4.78 is 12.7. The Morgan fingerprint density at radius 2 is 1.79 bits per heavy atom. The van der Waals surface area contributed by atoms with E-state index in [4.69, 9.17) is 9.15 Å². The van der Waals surface area contributed by atoms with Crippen LogP contribution in [0.4, 0.5) is 0 Å². The van der Waals surface area contributed by atoms with Gasteiger partial charge in [0.2, 0.25) is 5.89 Å². The minimum Gasteiger partial charge on any atom is -0.489 e. The van der Waals surface area contributed by atoms with Crippen LogP contribution in [0.3, 0.4) is 0 Å². The number of nitrogens with zero attached hydrogens (tertiary/aromatic N) is 1. The van der Waals surface area contributed by atoms with Crippen molar-refractivity contribution in [2.75, 3.05) is 0 Å². The van der Waals surface area contributed by atoms with Gasteiger partial charge < -0.3 is 9.15 Å². The number of aromatic nitrogens is 1. The van der Waals surface area contributed by atoms with Crippen LogP contribution in [-0.4, -0.2) is 4.98 Å². The Hall–Kier alpha value is -2.59. The van der Waals surface area contributed by atoms with Gasteiger partial charge in [0.25, 0.3) is 0 Å².